The number of halogens is 2. The van der Waals surface area contributed by atoms with E-state index in [0.29, 0.717) is 5.56 Å². The molecular formula is C20H20F2N2O4S. The highest BCUT2D eigenvalue weighted by Gasteiger charge is 2.27. The minimum absolute atomic E-state index is 0.0299. The van der Waals surface area contributed by atoms with Gasteiger partial charge in [0, 0.05) is 37.2 Å². The van der Waals surface area contributed by atoms with Gasteiger partial charge < -0.3 is 9.64 Å². The van der Waals surface area contributed by atoms with Gasteiger partial charge in [0.1, 0.15) is 5.75 Å². The van der Waals surface area contributed by atoms with Gasteiger partial charge in [-0.15, -0.1) is 0 Å². The Morgan fingerprint density at radius 1 is 0.966 bits per heavy atom. The van der Waals surface area contributed by atoms with E-state index in [1.165, 1.54) is 45.0 Å². The first-order valence-electron chi connectivity index (χ1n) is 8.92. The fraction of sp³-hybridized carbons (Fsp3) is 0.250. The molecule has 3 rings (SSSR count). The Bertz CT molecular complexity index is 956. The van der Waals surface area contributed by atoms with Crippen LogP contribution in [0.3, 0.4) is 0 Å². The summed E-state index contributed by atoms with van der Waals surface area (Å²) in [5, 5.41) is 1.17. The van der Waals surface area contributed by atoms with Gasteiger partial charge in [-0.1, -0.05) is 30.3 Å². The first-order valence-corrected chi connectivity index (χ1v) is 10.4. The Kier molecular flexibility index (Phi) is 6.60. The highest BCUT2D eigenvalue weighted by Crippen LogP contribution is 2.18. The number of nitrogens with zero attached hydrogens (tertiary/aromatic N) is 2. The van der Waals surface area contributed by atoms with Crippen molar-refractivity contribution in [1.82, 2.24) is 9.21 Å². The van der Waals surface area contributed by atoms with E-state index in [1.807, 2.05) is 18.2 Å². The number of carbonyl (C=O) groups is 1. The zero-order chi connectivity index (χ0) is 20.9. The summed E-state index contributed by atoms with van der Waals surface area (Å²) in [6.07, 6.45) is 1.54. The maximum Gasteiger partial charge on any atom is 0.387 e. The lowest BCUT2D eigenvalue weighted by Gasteiger charge is -2.33. The van der Waals surface area contributed by atoms with Crippen molar-refractivity contribution in [3.05, 3.63) is 71.1 Å². The van der Waals surface area contributed by atoms with Crippen molar-refractivity contribution in [1.29, 1.82) is 0 Å². The molecule has 1 aliphatic rings. The number of piperazine rings is 1. The number of ether oxygens (including phenoxy) is 1. The molecule has 0 aliphatic carbocycles. The molecule has 29 heavy (non-hydrogen) atoms. The molecule has 0 unspecified atom stereocenters. The van der Waals surface area contributed by atoms with Gasteiger partial charge in [-0.05, 0) is 35.9 Å². The third kappa shape index (κ3) is 5.61. The quantitative estimate of drug-likeness (QED) is 0.718. The summed E-state index contributed by atoms with van der Waals surface area (Å²) in [6.45, 7) is -2.08. The van der Waals surface area contributed by atoms with E-state index in [0.717, 1.165) is 5.56 Å². The number of rotatable bonds is 6. The number of benzene rings is 2. The summed E-state index contributed by atoms with van der Waals surface area (Å²) >= 11 is 0. The standard InChI is InChI=1S/C20H20F2N2O4S/c21-20(22)28-18-8-6-17(7-9-18)19(25)23-11-13-24(14-12-23)29(26,27)15-10-16-4-2-1-3-5-16/h1-10,15,20H,11-14H2/b15-10+. The molecular weight excluding hydrogens is 402 g/mol. The summed E-state index contributed by atoms with van der Waals surface area (Å²) in [6, 6.07) is 14.5. The maximum atomic E-state index is 12.6. The van der Waals surface area contributed by atoms with Crippen molar-refractivity contribution < 1.29 is 26.7 Å². The fourth-order valence-electron chi connectivity index (χ4n) is 2.92. The first kappa shape index (κ1) is 20.9. The highest BCUT2D eigenvalue weighted by atomic mass is 32.2. The molecule has 1 heterocycles. The lowest BCUT2D eigenvalue weighted by atomic mass is 10.2. The molecule has 6 nitrogen and oxygen atoms in total. The van der Waals surface area contributed by atoms with E-state index in [9.17, 15) is 22.0 Å². The van der Waals surface area contributed by atoms with E-state index >= 15 is 0 Å². The van der Waals surface area contributed by atoms with Crippen LogP contribution in [0.5, 0.6) is 5.75 Å². The second kappa shape index (κ2) is 9.15. The SMILES string of the molecule is O=C(c1ccc(OC(F)F)cc1)N1CCN(S(=O)(=O)/C=C/c2ccccc2)CC1. The summed E-state index contributed by atoms with van der Waals surface area (Å²) < 4.78 is 55.0. The van der Waals surface area contributed by atoms with Gasteiger partial charge in [-0.25, -0.2) is 8.42 Å². The van der Waals surface area contributed by atoms with E-state index in [4.69, 9.17) is 0 Å². The lowest BCUT2D eigenvalue weighted by Crippen LogP contribution is -2.50. The van der Waals surface area contributed by atoms with Gasteiger partial charge in [-0.2, -0.15) is 13.1 Å². The van der Waals surface area contributed by atoms with Crippen molar-refractivity contribution >= 4 is 22.0 Å². The Labute approximate surface area is 168 Å². The lowest BCUT2D eigenvalue weighted by molar-refractivity contribution is -0.0498. The van der Waals surface area contributed by atoms with Gasteiger partial charge in [0.2, 0.25) is 10.0 Å². The van der Waals surface area contributed by atoms with Crippen molar-refractivity contribution in [2.24, 2.45) is 0 Å². The molecule has 9 heteroatoms. The number of hydrogen-bond donors (Lipinski definition) is 0. The third-order valence-electron chi connectivity index (χ3n) is 4.44. The van der Waals surface area contributed by atoms with Crippen LogP contribution in [0.1, 0.15) is 15.9 Å². The number of carbonyl (C=O) groups excluding carboxylic acids is 1. The molecule has 154 valence electrons. The molecule has 1 aliphatic heterocycles. The van der Waals surface area contributed by atoms with Crippen LogP contribution in [0.4, 0.5) is 8.78 Å². The highest BCUT2D eigenvalue weighted by molar-refractivity contribution is 7.92. The minimum Gasteiger partial charge on any atom is -0.435 e. The molecule has 2 aromatic carbocycles. The van der Waals surface area contributed by atoms with Crippen LogP contribution in [-0.4, -0.2) is 56.3 Å². The summed E-state index contributed by atoms with van der Waals surface area (Å²) in [4.78, 5) is 14.1. The zero-order valence-electron chi connectivity index (χ0n) is 15.4. The van der Waals surface area contributed by atoms with Crippen molar-refractivity contribution in [2.45, 2.75) is 6.61 Å². The molecule has 0 aromatic heterocycles. The predicted octanol–water partition coefficient (Wildman–Crippen LogP) is 3.05. The van der Waals surface area contributed by atoms with E-state index < -0.39 is 16.6 Å². The Morgan fingerprint density at radius 2 is 1.59 bits per heavy atom. The molecule has 1 amide bonds. The molecule has 0 spiro atoms. The second-order valence-corrected chi connectivity index (χ2v) is 8.17. The Morgan fingerprint density at radius 3 is 2.17 bits per heavy atom. The monoisotopic (exact) mass is 422 g/mol. The Balaban J connectivity index is 1.58. The second-order valence-electron chi connectivity index (χ2n) is 6.35. The van der Waals surface area contributed by atoms with Crippen molar-refractivity contribution in [3.63, 3.8) is 0 Å². The van der Waals surface area contributed by atoms with Gasteiger partial charge in [0.15, 0.2) is 0 Å². The number of alkyl halides is 2. The smallest absolute Gasteiger partial charge is 0.387 e. The van der Waals surface area contributed by atoms with Crippen LogP contribution in [0, 0.1) is 0 Å². The summed E-state index contributed by atoms with van der Waals surface area (Å²) in [5.74, 6) is -0.317. The molecule has 0 atom stereocenters. The summed E-state index contributed by atoms with van der Waals surface area (Å²) in [7, 11) is -3.59. The third-order valence-corrected chi connectivity index (χ3v) is 6.01. The molecule has 2 aromatic rings. The van der Waals surface area contributed by atoms with Crippen molar-refractivity contribution in [2.75, 3.05) is 26.2 Å². The van der Waals surface area contributed by atoms with E-state index in [2.05, 4.69) is 4.74 Å². The van der Waals surface area contributed by atoms with Crippen molar-refractivity contribution in [3.8, 4) is 5.75 Å². The van der Waals surface area contributed by atoms with Crippen LogP contribution in [0.2, 0.25) is 0 Å². The first-order chi connectivity index (χ1) is 13.8. The fourth-order valence-corrected chi connectivity index (χ4v) is 4.10. The average molecular weight is 422 g/mol. The zero-order valence-corrected chi connectivity index (χ0v) is 16.3. The topological polar surface area (TPSA) is 66.9 Å². The molecule has 1 fully saturated rings. The van der Waals surface area contributed by atoms with Crippen LogP contribution in [0.25, 0.3) is 6.08 Å². The maximum absolute atomic E-state index is 12.6. The van der Waals surface area contributed by atoms with Gasteiger partial charge in [0.05, 0.1) is 0 Å². The van der Waals surface area contributed by atoms with Gasteiger partial charge in [-0.3, -0.25) is 4.79 Å². The van der Waals surface area contributed by atoms with Crippen LogP contribution in [0.15, 0.2) is 60.0 Å². The molecule has 0 N–H and O–H groups in total. The summed E-state index contributed by atoms with van der Waals surface area (Å²) in [5.41, 5.74) is 1.11. The van der Waals surface area contributed by atoms with Gasteiger partial charge >= 0.3 is 6.61 Å². The number of hydrogen-bond acceptors (Lipinski definition) is 4. The number of amides is 1. The van der Waals surface area contributed by atoms with E-state index in [-0.39, 0.29) is 37.8 Å². The molecule has 1 saturated heterocycles. The van der Waals surface area contributed by atoms with Crippen LogP contribution >= 0.6 is 0 Å². The largest absolute Gasteiger partial charge is 0.435 e. The predicted molar refractivity (Wildman–Crippen MR) is 105 cm³/mol. The minimum atomic E-state index is -3.59. The average Bonchev–Trinajstić information content (AvgIpc) is 2.73. The molecule has 0 bridgehead atoms. The number of sulfonamides is 1. The molecule has 0 radical (unpaired) electrons. The van der Waals surface area contributed by atoms with E-state index in [1.54, 1.807) is 12.1 Å². The van der Waals surface area contributed by atoms with Crippen LogP contribution < -0.4 is 4.74 Å². The van der Waals surface area contributed by atoms with Crippen LogP contribution in [-0.2, 0) is 10.0 Å². The molecule has 0 saturated carbocycles. The normalized spacial score (nSPS) is 15.8. The van der Waals surface area contributed by atoms with Gasteiger partial charge in [0.25, 0.3) is 5.91 Å². The Hall–Kier alpha value is -2.78.